The Kier molecular flexibility index (Phi) is 4.42. The summed E-state index contributed by atoms with van der Waals surface area (Å²) in [6.45, 7) is 8.71. The van der Waals surface area contributed by atoms with E-state index in [4.69, 9.17) is 0 Å². The third-order valence-electron chi connectivity index (χ3n) is 5.40. The lowest BCUT2D eigenvalue weighted by molar-refractivity contribution is 0.866. The van der Waals surface area contributed by atoms with Crippen molar-refractivity contribution in [2.24, 2.45) is 0 Å². The van der Waals surface area contributed by atoms with Crippen molar-refractivity contribution in [3.8, 4) is 11.1 Å². The van der Waals surface area contributed by atoms with Crippen molar-refractivity contribution >= 4 is 17.1 Å². The molecule has 0 fully saturated rings. The normalized spacial score (nSPS) is 11.8. The largest absolute Gasteiger partial charge is 0.372 e. The minimum absolute atomic E-state index is 1.02. The van der Waals surface area contributed by atoms with Crippen LogP contribution in [0.25, 0.3) is 11.1 Å². The van der Waals surface area contributed by atoms with Crippen LogP contribution in [0.15, 0.2) is 60.7 Å². The van der Waals surface area contributed by atoms with Crippen molar-refractivity contribution in [2.45, 2.75) is 27.2 Å². The van der Waals surface area contributed by atoms with Crippen LogP contribution in [0.4, 0.5) is 17.1 Å². The zero-order valence-electron chi connectivity index (χ0n) is 15.8. The lowest BCUT2D eigenvalue weighted by Gasteiger charge is -2.22. The number of anilines is 3. The molecule has 0 heterocycles. The monoisotopic (exact) mass is 342 g/mol. The Morgan fingerprint density at radius 3 is 2.31 bits per heavy atom. The van der Waals surface area contributed by atoms with Crippen LogP contribution in [0.2, 0.25) is 0 Å². The third kappa shape index (κ3) is 2.96. The van der Waals surface area contributed by atoms with Gasteiger partial charge < -0.3 is 10.2 Å². The van der Waals surface area contributed by atoms with Gasteiger partial charge in [-0.1, -0.05) is 24.3 Å². The van der Waals surface area contributed by atoms with E-state index in [1.165, 1.54) is 39.2 Å². The van der Waals surface area contributed by atoms with Crippen molar-refractivity contribution in [1.29, 1.82) is 0 Å². The molecule has 26 heavy (non-hydrogen) atoms. The highest BCUT2D eigenvalue weighted by molar-refractivity contribution is 5.83. The zero-order chi connectivity index (χ0) is 18.1. The summed E-state index contributed by atoms with van der Waals surface area (Å²) in [7, 11) is 0. The summed E-state index contributed by atoms with van der Waals surface area (Å²) in [6, 6.07) is 22.0. The second-order valence-corrected chi connectivity index (χ2v) is 7.01. The summed E-state index contributed by atoms with van der Waals surface area (Å²) in [4.78, 5) is 2.41. The molecule has 3 aromatic rings. The fraction of sp³-hybridized carbons (Fsp3) is 0.250. The summed E-state index contributed by atoms with van der Waals surface area (Å²) in [5.74, 6) is 0. The molecule has 0 aromatic heterocycles. The molecule has 2 nitrogen and oxygen atoms in total. The Hall–Kier alpha value is -2.74. The van der Waals surface area contributed by atoms with E-state index in [2.05, 4.69) is 85.6 Å². The number of nitrogens with zero attached hydrogens (tertiary/aromatic N) is 1. The van der Waals surface area contributed by atoms with Gasteiger partial charge in [-0.05, 0) is 91.4 Å². The van der Waals surface area contributed by atoms with E-state index >= 15 is 0 Å². The minimum Gasteiger partial charge on any atom is -0.372 e. The van der Waals surface area contributed by atoms with Crippen LogP contribution >= 0.6 is 0 Å². The van der Waals surface area contributed by atoms with E-state index in [0.29, 0.717) is 0 Å². The minimum atomic E-state index is 1.02. The van der Waals surface area contributed by atoms with Gasteiger partial charge in [0, 0.05) is 30.2 Å². The zero-order valence-corrected chi connectivity index (χ0v) is 15.8. The fourth-order valence-electron chi connectivity index (χ4n) is 3.92. The van der Waals surface area contributed by atoms with Crippen molar-refractivity contribution in [1.82, 2.24) is 0 Å². The quantitative estimate of drug-likeness (QED) is 0.467. The van der Waals surface area contributed by atoms with E-state index in [0.717, 1.165) is 25.2 Å². The number of aryl methyl sites for hydroxylation is 1. The van der Waals surface area contributed by atoms with Crippen molar-refractivity contribution in [2.75, 3.05) is 23.3 Å². The van der Waals surface area contributed by atoms with E-state index in [1.807, 2.05) is 6.07 Å². The molecular weight excluding hydrogens is 316 g/mol. The van der Waals surface area contributed by atoms with Crippen LogP contribution < -0.4 is 10.2 Å². The molecule has 4 rings (SSSR count). The number of rotatable bonds is 5. The summed E-state index contributed by atoms with van der Waals surface area (Å²) in [5.41, 5.74) is 10.6. The number of hydrogen-bond donors (Lipinski definition) is 1. The molecule has 2 heteroatoms. The highest BCUT2D eigenvalue weighted by atomic mass is 15.1. The molecule has 0 amide bonds. The van der Waals surface area contributed by atoms with Gasteiger partial charge in [0.15, 0.2) is 0 Å². The second-order valence-electron chi connectivity index (χ2n) is 7.01. The lowest BCUT2D eigenvalue weighted by Crippen LogP contribution is -2.21. The molecule has 0 saturated carbocycles. The van der Waals surface area contributed by atoms with Crippen molar-refractivity contribution in [3.63, 3.8) is 0 Å². The van der Waals surface area contributed by atoms with Gasteiger partial charge in [-0.2, -0.15) is 0 Å². The smallest absolute Gasteiger partial charge is 0.0417 e. The van der Waals surface area contributed by atoms with Crippen LogP contribution in [0.3, 0.4) is 0 Å². The maximum atomic E-state index is 3.57. The molecule has 3 aromatic carbocycles. The van der Waals surface area contributed by atoms with Crippen LogP contribution in [-0.2, 0) is 6.42 Å². The van der Waals surface area contributed by atoms with Gasteiger partial charge in [0.25, 0.3) is 0 Å². The van der Waals surface area contributed by atoms with E-state index in [1.54, 1.807) is 0 Å². The molecule has 0 aliphatic heterocycles. The molecule has 1 aliphatic carbocycles. The summed E-state index contributed by atoms with van der Waals surface area (Å²) >= 11 is 0. The van der Waals surface area contributed by atoms with Gasteiger partial charge in [0.1, 0.15) is 0 Å². The van der Waals surface area contributed by atoms with Crippen LogP contribution in [-0.4, -0.2) is 13.1 Å². The molecule has 0 spiro atoms. The first-order chi connectivity index (χ1) is 12.7. The first-order valence-electron chi connectivity index (χ1n) is 9.53. The summed E-state index contributed by atoms with van der Waals surface area (Å²) in [6.07, 6.45) is 1.02. The highest BCUT2D eigenvalue weighted by Crippen LogP contribution is 2.41. The maximum absolute atomic E-state index is 3.57. The third-order valence-corrected chi connectivity index (χ3v) is 5.40. The predicted octanol–water partition coefficient (Wildman–Crippen LogP) is 6.16. The molecule has 1 N–H and O–H groups in total. The predicted molar refractivity (Wildman–Crippen MR) is 113 cm³/mol. The molecule has 132 valence electrons. The number of para-hydroxylation sites is 1. The Morgan fingerprint density at radius 1 is 0.846 bits per heavy atom. The average molecular weight is 342 g/mol. The first kappa shape index (κ1) is 16.7. The Morgan fingerprint density at radius 2 is 1.58 bits per heavy atom. The Bertz CT molecular complexity index is 924. The molecule has 1 aliphatic rings. The van der Waals surface area contributed by atoms with Gasteiger partial charge in [0.05, 0.1) is 0 Å². The van der Waals surface area contributed by atoms with Crippen molar-refractivity contribution < 1.29 is 0 Å². The lowest BCUT2D eigenvalue weighted by atomic mass is 10.0. The average Bonchev–Trinajstić information content (AvgIpc) is 3.01. The summed E-state index contributed by atoms with van der Waals surface area (Å²) in [5, 5.41) is 3.57. The van der Waals surface area contributed by atoms with Gasteiger partial charge in [-0.3, -0.25) is 0 Å². The van der Waals surface area contributed by atoms with Gasteiger partial charge in [0.2, 0.25) is 0 Å². The molecule has 0 unspecified atom stereocenters. The number of hydrogen-bond acceptors (Lipinski definition) is 2. The van der Waals surface area contributed by atoms with Gasteiger partial charge in [-0.15, -0.1) is 0 Å². The standard InChI is InChI=1S/C24H26N2/c1-4-26(5-2)21-12-11-18-14-19-15-24(25-20-9-7-6-8-10-20)17(3)13-22(19)23(18)16-21/h6-13,15-16,25H,4-5,14H2,1-3H3. The number of benzene rings is 3. The van der Waals surface area contributed by atoms with Gasteiger partial charge in [-0.25, -0.2) is 0 Å². The van der Waals surface area contributed by atoms with E-state index in [-0.39, 0.29) is 0 Å². The summed E-state index contributed by atoms with van der Waals surface area (Å²) < 4.78 is 0. The van der Waals surface area contributed by atoms with Gasteiger partial charge >= 0.3 is 0 Å². The second kappa shape index (κ2) is 6.87. The number of fused-ring (bicyclic) bond motifs is 3. The molecule has 0 radical (unpaired) electrons. The van der Waals surface area contributed by atoms with Crippen LogP contribution in [0, 0.1) is 6.92 Å². The Balaban J connectivity index is 1.70. The molecular formula is C24H26N2. The van der Waals surface area contributed by atoms with Crippen molar-refractivity contribution in [3.05, 3.63) is 77.4 Å². The molecule has 0 bridgehead atoms. The maximum Gasteiger partial charge on any atom is 0.0417 e. The molecule has 0 atom stereocenters. The van der Waals surface area contributed by atoms with E-state index in [9.17, 15) is 0 Å². The van der Waals surface area contributed by atoms with Crippen LogP contribution in [0.5, 0.6) is 0 Å². The Labute approximate surface area is 156 Å². The topological polar surface area (TPSA) is 15.3 Å². The molecule has 0 saturated heterocycles. The number of nitrogens with one attached hydrogen (secondary N) is 1. The highest BCUT2D eigenvalue weighted by Gasteiger charge is 2.21. The fourth-order valence-corrected chi connectivity index (χ4v) is 3.92. The van der Waals surface area contributed by atoms with E-state index < -0.39 is 0 Å². The SMILES string of the molecule is CCN(CC)c1ccc2c(c1)-c1cc(C)c(Nc3ccccc3)cc1C2. The van der Waals surface area contributed by atoms with Crippen LogP contribution in [0.1, 0.15) is 30.5 Å². The first-order valence-corrected chi connectivity index (χ1v) is 9.53.